The second kappa shape index (κ2) is 62.2. The zero-order valence-corrected chi connectivity index (χ0v) is 7.61. The Morgan fingerprint density at radius 3 is 0.643 bits per heavy atom. The minimum Gasteiger partial charge on any atom is -0.450 e. The van der Waals surface area contributed by atoms with Gasteiger partial charge in [-0.25, -0.2) is 9.59 Å². The number of hydrogen-bond acceptors (Lipinski definition) is 2. The topological polar surface area (TPSA) is 115 Å². The lowest BCUT2D eigenvalue weighted by molar-refractivity contribution is 0.135. The van der Waals surface area contributed by atoms with E-state index in [1.54, 1.807) is 0 Å². The number of hydrogen-bond donors (Lipinski definition) is 4. The Morgan fingerprint density at radius 1 is 0.643 bits per heavy atom. The summed E-state index contributed by atoms with van der Waals surface area (Å²) < 4.78 is 0. The monoisotopic (exact) mass is 216 g/mol. The fourth-order valence-corrected chi connectivity index (χ4v) is 0. The van der Waals surface area contributed by atoms with Gasteiger partial charge in [0.25, 0.3) is 0 Å². The molecule has 0 aromatic heterocycles. The third kappa shape index (κ3) is 450. The summed E-state index contributed by atoms with van der Waals surface area (Å²) in [5.41, 5.74) is 0. The highest BCUT2D eigenvalue weighted by molar-refractivity contribution is 5.53. The van der Waals surface area contributed by atoms with Crippen molar-refractivity contribution in [1.29, 1.82) is 0 Å². The van der Waals surface area contributed by atoms with Crippen molar-refractivity contribution in [2.45, 2.75) is 42.5 Å². The fourth-order valence-electron chi connectivity index (χ4n) is 0. The van der Waals surface area contributed by atoms with Gasteiger partial charge in [-0.15, -0.1) is 0 Å². The molecular weight excluding hydrogens is 192 g/mol. The van der Waals surface area contributed by atoms with Gasteiger partial charge in [-0.1, -0.05) is 42.5 Å². The Morgan fingerprint density at radius 2 is 0.643 bits per heavy atom. The summed E-state index contributed by atoms with van der Waals surface area (Å²) in [6, 6.07) is 0. The first-order valence-electron chi connectivity index (χ1n) is 3.30. The van der Waals surface area contributed by atoms with Gasteiger partial charge in [0.1, 0.15) is 0 Å². The van der Waals surface area contributed by atoms with Crippen LogP contribution in [0.15, 0.2) is 0 Å². The van der Waals surface area contributed by atoms with Crippen molar-refractivity contribution in [2.24, 2.45) is 0 Å². The van der Waals surface area contributed by atoms with Crippen molar-refractivity contribution in [2.75, 3.05) is 0 Å². The molecule has 0 atom stereocenters. The first-order chi connectivity index (χ1) is 5.46. The molecule has 92 valence electrons. The Hall–Kier alpha value is -1.46. The lowest BCUT2D eigenvalue weighted by Gasteiger charge is -1.60. The van der Waals surface area contributed by atoms with Gasteiger partial charge in [-0.3, -0.25) is 0 Å². The van der Waals surface area contributed by atoms with Crippen LogP contribution in [-0.2, 0) is 0 Å². The van der Waals surface area contributed by atoms with Gasteiger partial charge in [0.05, 0.1) is 0 Å². The Bertz CT molecular complexity index is 71.8. The van der Waals surface area contributed by atoms with Crippen molar-refractivity contribution in [1.82, 2.24) is 0 Å². The smallest absolute Gasteiger partial charge is 0.450 e. The van der Waals surface area contributed by atoms with Crippen LogP contribution in [0.4, 0.5) is 9.59 Å². The summed E-state index contributed by atoms with van der Waals surface area (Å²) in [6.07, 6.45) is -3.67. The van der Waals surface area contributed by atoms with Gasteiger partial charge in [0.2, 0.25) is 0 Å². The van der Waals surface area contributed by atoms with E-state index in [4.69, 9.17) is 30.0 Å². The average molecular weight is 216 g/mol. The first-order valence-corrected chi connectivity index (χ1v) is 3.30. The third-order valence-electron chi connectivity index (χ3n) is 0. The molecule has 6 heteroatoms. The number of carboxylic acid groups (broad SMARTS) is 4. The molecule has 0 aliphatic heterocycles. The molecule has 4 N–H and O–H groups in total. The largest absolute Gasteiger partial charge is 0.503 e. The van der Waals surface area contributed by atoms with E-state index in [1.807, 2.05) is 27.7 Å². The summed E-state index contributed by atoms with van der Waals surface area (Å²) in [5.74, 6) is 0. The van der Waals surface area contributed by atoms with Crippen molar-refractivity contribution < 1.29 is 30.0 Å². The predicted octanol–water partition coefficient (Wildman–Crippen LogP) is 3.77. The summed E-state index contributed by atoms with van der Waals surface area (Å²) in [7, 11) is 0. The lowest BCUT2D eigenvalue weighted by Crippen LogP contribution is -1.81. The van der Waals surface area contributed by atoms with Crippen molar-refractivity contribution in [3.05, 3.63) is 0 Å². The summed E-state index contributed by atoms with van der Waals surface area (Å²) in [4.78, 5) is 17.1. The van der Waals surface area contributed by atoms with Crippen LogP contribution in [0.2, 0.25) is 0 Å². The van der Waals surface area contributed by atoms with Crippen LogP contribution in [-0.4, -0.2) is 32.7 Å². The lowest BCUT2D eigenvalue weighted by atomic mass is 11.0. The molecule has 0 radical (unpaired) electrons. The summed E-state index contributed by atoms with van der Waals surface area (Å²) in [6.45, 7) is 8.00. The van der Waals surface area contributed by atoms with Crippen LogP contribution >= 0.6 is 0 Å². The van der Waals surface area contributed by atoms with Crippen molar-refractivity contribution >= 4 is 12.3 Å². The Balaban J connectivity index is -0.0000000153. The highest BCUT2D eigenvalue weighted by Crippen LogP contribution is 1.43. The minimum absolute atomic E-state index is 0. The maximum Gasteiger partial charge on any atom is 0.503 e. The SMILES string of the molecule is C.C.CC.CC.O=C(O)O.O=C(O)O. The second-order valence-electron chi connectivity index (χ2n) is 0.565. The molecule has 0 aliphatic carbocycles. The molecule has 0 saturated heterocycles. The van der Waals surface area contributed by atoms with E-state index >= 15 is 0 Å². The number of carbonyl (C=O) groups is 2. The maximum absolute atomic E-state index is 8.56. The van der Waals surface area contributed by atoms with E-state index in [9.17, 15) is 0 Å². The molecule has 0 aliphatic rings. The normalized spacial score (nSPS) is 4.29. The van der Waals surface area contributed by atoms with Gasteiger partial charge in [-0.2, -0.15) is 0 Å². The minimum atomic E-state index is -1.83. The van der Waals surface area contributed by atoms with Crippen LogP contribution in [0.25, 0.3) is 0 Å². The maximum atomic E-state index is 8.56. The van der Waals surface area contributed by atoms with E-state index < -0.39 is 12.3 Å². The molecule has 0 fully saturated rings. The molecule has 0 aromatic carbocycles. The van der Waals surface area contributed by atoms with Crippen LogP contribution in [0.5, 0.6) is 0 Å². The molecular formula is C8H24O6. The predicted molar refractivity (Wildman–Crippen MR) is 57.5 cm³/mol. The van der Waals surface area contributed by atoms with E-state index in [0.29, 0.717) is 0 Å². The highest BCUT2D eigenvalue weighted by Gasteiger charge is 1.70. The zero-order chi connectivity index (χ0) is 11.2. The third-order valence-corrected chi connectivity index (χ3v) is 0. The molecule has 0 rings (SSSR count). The molecule has 6 nitrogen and oxygen atoms in total. The molecule has 0 bridgehead atoms. The highest BCUT2D eigenvalue weighted by atomic mass is 16.6. The van der Waals surface area contributed by atoms with Crippen LogP contribution < -0.4 is 0 Å². The van der Waals surface area contributed by atoms with Gasteiger partial charge < -0.3 is 20.4 Å². The molecule has 0 heterocycles. The summed E-state index contributed by atoms with van der Waals surface area (Å²) in [5, 5.41) is 27.9. The quantitative estimate of drug-likeness (QED) is 0.490. The molecule has 0 unspecified atom stereocenters. The molecule has 0 aromatic rings. The van der Waals surface area contributed by atoms with E-state index in [1.165, 1.54) is 0 Å². The Kier molecular flexibility index (Phi) is 173. The fraction of sp³-hybridized carbons (Fsp3) is 0.750. The molecule has 0 saturated carbocycles. The average Bonchev–Trinajstić information content (AvgIpc) is 1.93. The second-order valence-corrected chi connectivity index (χ2v) is 0.565. The van der Waals surface area contributed by atoms with Crippen LogP contribution in [0.3, 0.4) is 0 Å². The zero-order valence-electron chi connectivity index (χ0n) is 7.61. The van der Waals surface area contributed by atoms with Crippen molar-refractivity contribution in [3.63, 3.8) is 0 Å². The summed E-state index contributed by atoms with van der Waals surface area (Å²) >= 11 is 0. The van der Waals surface area contributed by atoms with Gasteiger partial charge in [0, 0.05) is 0 Å². The van der Waals surface area contributed by atoms with Gasteiger partial charge in [-0.05, 0) is 0 Å². The van der Waals surface area contributed by atoms with Crippen LogP contribution in [0.1, 0.15) is 42.5 Å². The standard InChI is InChI=1S/2C2H6.2CH2O3.2CH4/c2*1-2;2*2-1(3)4;;/h2*1-2H3;2*(H2,2,3,4);2*1H4. The molecule has 14 heavy (non-hydrogen) atoms. The molecule has 0 amide bonds. The van der Waals surface area contributed by atoms with E-state index in [-0.39, 0.29) is 14.9 Å². The van der Waals surface area contributed by atoms with Crippen LogP contribution in [0, 0.1) is 0 Å². The first kappa shape index (κ1) is 39.0. The van der Waals surface area contributed by atoms with Gasteiger partial charge >= 0.3 is 12.3 Å². The van der Waals surface area contributed by atoms with Gasteiger partial charge in [0.15, 0.2) is 0 Å². The Labute approximate surface area is 85.8 Å². The number of rotatable bonds is 0. The van der Waals surface area contributed by atoms with E-state index in [2.05, 4.69) is 0 Å². The van der Waals surface area contributed by atoms with Crippen molar-refractivity contribution in [3.8, 4) is 0 Å². The molecule has 0 spiro atoms. The van der Waals surface area contributed by atoms with E-state index in [0.717, 1.165) is 0 Å².